The monoisotopic (exact) mass is 359 g/mol. The maximum Gasteiger partial charge on any atom is 0.406 e. The number of hydrogen-bond donors (Lipinski definition) is 0. The summed E-state index contributed by atoms with van der Waals surface area (Å²) in [6.45, 7) is -1.30. The van der Waals surface area contributed by atoms with E-state index in [9.17, 15) is 18.0 Å². The summed E-state index contributed by atoms with van der Waals surface area (Å²) in [5.74, 6) is 0.515. The van der Waals surface area contributed by atoms with Crippen molar-refractivity contribution >= 4 is 32.2 Å². The second-order valence-electron chi connectivity index (χ2n) is 3.15. The van der Waals surface area contributed by atoms with Gasteiger partial charge in [0.25, 0.3) is 3.91 Å². The van der Waals surface area contributed by atoms with Crippen LogP contribution in [0.2, 0.25) is 0 Å². The van der Waals surface area contributed by atoms with Crippen LogP contribution in [0, 0.1) is 0 Å². The first kappa shape index (κ1) is 14.1. The zero-order valence-corrected chi connectivity index (χ0v) is 10.9. The lowest BCUT2D eigenvalue weighted by atomic mass is 10.3. The molecule has 1 aromatic carbocycles. The summed E-state index contributed by atoms with van der Waals surface area (Å²) in [5, 5.41) is 0. The average Bonchev–Trinajstić information content (AvgIpc) is 2.25. The molecular weight excluding hydrogens is 350 g/mol. The number of methoxy groups -OCH3 is 1. The molecule has 0 aromatic heterocycles. The number of carbonyl (C=O) groups is 1. The molecule has 0 saturated heterocycles. The van der Waals surface area contributed by atoms with E-state index in [1.54, 1.807) is 0 Å². The van der Waals surface area contributed by atoms with Crippen molar-refractivity contribution in [1.82, 2.24) is 0 Å². The van der Waals surface area contributed by atoms with Gasteiger partial charge in [-0.15, -0.1) is 0 Å². The van der Waals surface area contributed by atoms with Crippen LogP contribution in [0.1, 0.15) is 0 Å². The van der Waals surface area contributed by atoms with E-state index in [2.05, 4.69) is 0 Å². The largest absolute Gasteiger partial charge is 0.497 e. The molecule has 0 aliphatic carbocycles. The highest BCUT2D eigenvalue weighted by Crippen LogP contribution is 2.25. The molecule has 0 spiro atoms. The molecule has 3 nitrogen and oxygen atoms in total. The van der Waals surface area contributed by atoms with Crippen LogP contribution in [-0.4, -0.2) is 23.7 Å². The Labute approximate surface area is 110 Å². The molecule has 0 saturated carbocycles. The number of carbonyl (C=O) groups excluding carboxylic acids is 1. The molecule has 94 valence electrons. The van der Waals surface area contributed by atoms with Crippen molar-refractivity contribution in [1.29, 1.82) is 0 Å². The van der Waals surface area contributed by atoms with E-state index >= 15 is 0 Å². The Morgan fingerprint density at radius 3 is 2.24 bits per heavy atom. The Kier molecular flexibility index (Phi) is 4.61. The standard InChI is InChI=1S/C10H9F3INO2/c1-17-8-4-2-7(3-5-8)15(9(14)16)6-10(11,12)13/h2-5H,6H2,1H3. The number of nitrogens with zero attached hydrogens (tertiary/aromatic N) is 1. The van der Waals surface area contributed by atoms with Crippen LogP contribution in [-0.2, 0) is 0 Å². The first-order valence-corrected chi connectivity index (χ1v) is 5.59. The first-order valence-electron chi connectivity index (χ1n) is 4.51. The van der Waals surface area contributed by atoms with E-state index in [0.717, 1.165) is 0 Å². The van der Waals surface area contributed by atoms with Crippen LogP contribution in [0.25, 0.3) is 0 Å². The van der Waals surface area contributed by atoms with E-state index < -0.39 is 16.6 Å². The molecular formula is C10H9F3INO2. The van der Waals surface area contributed by atoms with Crippen LogP contribution < -0.4 is 9.64 Å². The molecule has 1 amide bonds. The Morgan fingerprint density at radius 1 is 1.35 bits per heavy atom. The molecule has 17 heavy (non-hydrogen) atoms. The Morgan fingerprint density at radius 2 is 1.88 bits per heavy atom. The average molecular weight is 359 g/mol. The molecule has 0 unspecified atom stereocenters. The quantitative estimate of drug-likeness (QED) is 0.469. The number of anilines is 1. The zero-order valence-electron chi connectivity index (χ0n) is 8.79. The lowest BCUT2D eigenvalue weighted by molar-refractivity contribution is -0.118. The van der Waals surface area contributed by atoms with Gasteiger partial charge in [0.2, 0.25) is 0 Å². The topological polar surface area (TPSA) is 29.5 Å². The molecule has 0 N–H and O–H groups in total. The third-order valence-corrected chi connectivity index (χ3v) is 2.52. The van der Waals surface area contributed by atoms with Crippen molar-refractivity contribution in [3.05, 3.63) is 24.3 Å². The molecule has 1 aromatic rings. The summed E-state index contributed by atoms with van der Waals surface area (Å²) in [5.41, 5.74) is 0.183. The summed E-state index contributed by atoms with van der Waals surface area (Å²) >= 11 is 1.32. The molecule has 7 heteroatoms. The Bertz CT molecular complexity index is 392. The smallest absolute Gasteiger partial charge is 0.406 e. The van der Waals surface area contributed by atoms with Crippen molar-refractivity contribution in [2.75, 3.05) is 18.6 Å². The minimum Gasteiger partial charge on any atom is -0.497 e. The van der Waals surface area contributed by atoms with Gasteiger partial charge in [0.15, 0.2) is 0 Å². The van der Waals surface area contributed by atoms with Crippen molar-refractivity contribution in [3.8, 4) is 5.75 Å². The van der Waals surface area contributed by atoms with E-state index in [0.29, 0.717) is 10.6 Å². The van der Waals surface area contributed by atoms with Gasteiger partial charge in [0.1, 0.15) is 12.3 Å². The van der Waals surface area contributed by atoms with Crippen LogP contribution in [0.5, 0.6) is 5.75 Å². The third-order valence-electron chi connectivity index (χ3n) is 1.93. The van der Waals surface area contributed by atoms with Crippen LogP contribution in [0.3, 0.4) is 0 Å². The summed E-state index contributed by atoms with van der Waals surface area (Å²) < 4.78 is 41.0. The number of amides is 1. The van der Waals surface area contributed by atoms with E-state index in [-0.39, 0.29) is 5.69 Å². The number of alkyl halides is 3. The SMILES string of the molecule is COc1ccc(N(CC(F)(F)F)C(=O)I)cc1. The fourth-order valence-electron chi connectivity index (χ4n) is 1.20. The summed E-state index contributed by atoms with van der Waals surface area (Å²) in [6, 6.07) is 5.80. The van der Waals surface area contributed by atoms with Crippen molar-refractivity contribution < 1.29 is 22.7 Å². The van der Waals surface area contributed by atoms with Gasteiger partial charge in [-0.25, -0.2) is 0 Å². The molecule has 0 fully saturated rings. The number of benzene rings is 1. The van der Waals surface area contributed by atoms with Gasteiger partial charge in [0, 0.05) is 28.3 Å². The highest BCUT2D eigenvalue weighted by atomic mass is 127. The van der Waals surface area contributed by atoms with Gasteiger partial charge in [0.05, 0.1) is 7.11 Å². The predicted molar refractivity (Wildman–Crippen MR) is 65.8 cm³/mol. The van der Waals surface area contributed by atoms with E-state index in [1.807, 2.05) is 0 Å². The normalized spacial score (nSPS) is 11.1. The third kappa shape index (κ3) is 4.41. The summed E-state index contributed by atoms with van der Waals surface area (Å²) in [6.07, 6.45) is -4.43. The van der Waals surface area contributed by atoms with Crippen molar-refractivity contribution in [2.45, 2.75) is 6.18 Å². The van der Waals surface area contributed by atoms with Gasteiger partial charge in [-0.05, 0) is 24.3 Å². The predicted octanol–water partition coefficient (Wildman–Crippen LogP) is 3.62. The van der Waals surface area contributed by atoms with Gasteiger partial charge in [-0.1, -0.05) is 0 Å². The number of halogens is 4. The van der Waals surface area contributed by atoms with Gasteiger partial charge in [-0.2, -0.15) is 13.2 Å². The zero-order chi connectivity index (χ0) is 13.1. The van der Waals surface area contributed by atoms with E-state index in [4.69, 9.17) is 4.74 Å². The minimum absolute atomic E-state index is 0.183. The Balaban J connectivity index is 2.94. The van der Waals surface area contributed by atoms with Crippen molar-refractivity contribution in [2.24, 2.45) is 0 Å². The first-order chi connectivity index (χ1) is 7.83. The lowest BCUT2D eigenvalue weighted by Crippen LogP contribution is -2.35. The molecule has 0 atom stereocenters. The van der Waals surface area contributed by atoms with Gasteiger partial charge in [-0.3, -0.25) is 9.69 Å². The Hall–Kier alpha value is -0.990. The summed E-state index contributed by atoms with van der Waals surface area (Å²) in [7, 11) is 1.45. The maximum absolute atomic E-state index is 12.3. The number of hydrogen-bond acceptors (Lipinski definition) is 2. The van der Waals surface area contributed by atoms with Crippen LogP contribution in [0.15, 0.2) is 24.3 Å². The molecule has 0 heterocycles. The highest BCUT2D eigenvalue weighted by Gasteiger charge is 2.33. The van der Waals surface area contributed by atoms with E-state index in [1.165, 1.54) is 54.0 Å². The minimum atomic E-state index is -4.43. The highest BCUT2D eigenvalue weighted by molar-refractivity contribution is 14.1. The summed E-state index contributed by atoms with van der Waals surface area (Å²) in [4.78, 5) is 11.8. The van der Waals surface area contributed by atoms with Crippen molar-refractivity contribution in [3.63, 3.8) is 0 Å². The lowest BCUT2D eigenvalue weighted by Gasteiger charge is -2.21. The maximum atomic E-state index is 12.3. The number of rotatable bonds is 3. The molecule has 0 aliphatic rings. The molecule has 0 bridgehead atoms. The van der Waals surface area contributed by atoms with Crippen LogP contribution >= 0.6 is 22.6 Å². The second-order valence-corrected chi connectivity index (χ2v) is 4.08. The fourth-order valence-corrected chi connectivity index (χ4v) is 1.65. The molecule has 0 radical (unpaired) electrons. The number of ether oxygens (including phenoxy) is 1. The fraction of sp³-hybridized carbons (Fsp3) is 0.300. The van der Waals surface area contributed by atoms with Gasteiger partial charge < -0.3 is 4.74 Å². The van der Waals surface area contributed by atoms with Crippen LogP contribution in [0.4, 0.5) is 23.7 Å². The molecule has 1 rings (SSSR count). The van der Waals surface area contributed by atoms with Gasteiger partial charge >= 0.3 is 6.18 Å². The second kappa shape index (κ2) is 5.56. The molecule has 0 aliphatic heterocycles.